The largest absolute Gasteiger partial charge is 0.507 e. The van der Waals surface area contributed by atoms with Crippen LogP contribution in [-0.2, 0) is 14.3 Å². The number of aromatic nitrogens is 1. The molecule has 29 heavy (non-hydrogen) atoms. The SMILES string of the molecule is COCCN1C(=O)C(=O)/C(=C(\O)c2ccc3c(c2)OCCO3)C1c1ccccn1. The van der Waals surface area contributed by atoms with Crippen molar-refractivity contribution in [3.63, 3.8) is 0 Å². The van der Waals surface area contributed by atoms with Crippen LogP contribution in [0.3, 0.4) is 0 Å². The number of Topliss-reactive ketones (excluding diaryl/α,β-unsaturated/α-hetero) is 1. The minimum absolute atomic E-state index is 0.0125. The molecule has 0 saturated carbocycles. The number of aliphatic hydroxyl groups excluding tert-OH is 1. The first-order valence-electron chi connectivity index (χ1n) is 9.20. The molecule has 1 N–H and O–H groups in total. The number of ether oxygens (including phenoxy) is 3. The number of ketones is 1. The van der Waals surface area contributed by atoms with Crippen LogP contribution in [0.25, 0.3) is 5.76 Å². The van der Waals surface area contributed by atoms with Crippen molar-refractivity contribution in [2.45, 2.75) is 6.04 Å². The third kappa shape index (κ3) is 3.42. The lowest BCUT2D eigenvalue weighted by Crippen LogP contribution is -2.33. The second kappa shape index (κ2) is 7.92. The van der Waals surface area contributed by atoms with Gasteiger partial charge < -0.3 is 24.2 Å². The number of pyridine rings is 1. The van der Waals surface area contributed by atoms with Crippen LogP contribution < -0.4 is 9.47 Å². The third-order valence-electron chi connectivity index (χ3n) is 4.86. The lowest BCUT2D eigenvalue weighted by Gasteiger charge is -2.24. The van der Waals surface area contributed by atoms with Gasteiger partial charge in [0.25, 0.3) is 11.7 Å². The summed E-state index contributed by atoms with van der Waals surface area (Å²) in [6, 6.07) is 9.31. The predicted molar refractivity (Wildman–Crippen MR) is 103 cm³/mol. The van der Waals surface area contributed by atoms with E-state index < -0.39 is 17.7 Å². The first-order chi connectivity index (χ1) is 14.1. The summed E-state index contributed by atoms with van der Waals surface area (Å²) in [7, 11) is 1.52. The van der Waals surface area contributed by atoms with Crippen molar-refractivity contribution in [1.82, 2.24) is 9.88 Å². The van der Waals surface area contributed by atoms with E-state index in [0.29, 0.717) is 36.0 Å². The molecule has 1 aromatic heterocycles. The normalized spacial score (nSPS) is 20.2. The van der Waals surface area contributed by atoms with Crippen LogP contribution in [0, 0.1) is 0 Å². The molecule has 0 aliphatic carbocycles. The zero-order chi connectivity index (χ0) is 20.4. The second-order valence-corrected chi connectivity index (χ2v) is 6.60. The molecule has 0 radical (unpaired) electrons. The van der Waals surface area contributed by atoms with Crippen LogP contribution in [0.5, 0.6) is 11.5 Å². The number of carbonyl (C=O) groups excluding carboxylic acids is 2. The minimum Gasteiger partial charge on any atom is -0.507 e. The monoisotopic (exact) mass is 396 g/mol. The zero-order valence-electron chi connectivity index (χ0n) is 15.8. The van der Waals surface area contributed by atoms with E-state index in [1.54, 1.807) is 42.6 Å². The lowest BCUT2D eigenvalue weighted by molar-refractivity contribution is -0.140. The van der Waals surface area contributed by atoms with E-state index in [4.69, 9.17) is 14.2 Å². The lowest BCUT2D eigenvalue weighted by atomic mass is 9.98. The Hall–Kier alpha value is -3.39. The maximum Gasteiger partial charge on any atom is 0.295 e. The number of hydrogen-bond donors (Lipinski definition) is 1. The summed E-state index contributed by atoms with van der Waals surface area (Å²) < 4.78 is 16.1. The summed E-state index contributed by atoms with van der Waals surface area (Å²) in [4.78, 5) is 31.2. The van der Waals surface area contributed by atoms with Gasteiger partial charge >= 0.3 is 0 Å². The minimum atomic E-state index is -0.806. The number of fused-ring (bicyclic) bond motifs is 1. The average Bonchev–Trinajstić information content (AvgIpc) is 3.02. The fraction of sp³-hybridized carbons (Fsp3) is 0.286. The van der Waals surface area contributed by atoms with Gasteiger partial charge in [-0.3, -0.25) is 14.6 Å². The average molecular weight is 396 g/mol. The molecular weight excluding hydrogens is 376 g/mol. The number of nitrogens with zero attached hydrogens (tertiary/aromatic N) is 2. The molecule has 0 spiro atoms. The molecule has 1 fully saturated rings. The highest BCUT2D eigenvalue weighted by molar-refractivity contribution is 6.46. The summed E-state index contributed by atoms with van der Waals surface area (Å²) >= 11 is 0. The predicted octanol–water partition coefficient (Wildman–Crippen LogP) is 1.92. The Balaban J connectivity index is 1.82. The summed E-state index contributed by atoms with van der Waals surface area (Å²) in [5.41, 5.74) is 0.836. The highest BCUT2D eigenvalue weighted by Gasteiger charge is 2.46. The van der Waals surface area contributed by atoms with E-state index in [2.05, 4.69) is 4.98 Å². The van der Waals surface area contributed by atoms with Gasteiger partial charge in [-0.05, 0) is 30.3 Å². The fourth-order valence-electron chi connectivity index (χ4n) is 3.49. The van der Waals surface area contributed by atoms with E-state index in [-0.39, 0.29) is 24.5 Å². The van der Waals surface area contributed by atoms with E-state index in [1.165, 1.54) is 12.0 Å². The molecule has 1 unspecified atom stereocenters. The van der Waals surface area contributed by atoms with E-state index in [9.17, 15) is 14.7 Å². The molecule has 8 heteroatoms. The summed E-state index contributed by atoms with van der Waals surface area (Å²) in [6.07, 6.45) is 1.58. The molecule has 0 bridgehead atoms. The van der Waals surface area contributed by atoms with Crippen LogP contribution in [0.15, 0.2) is 48.2 Å². The van der Waals surface area contributed by atoms with Crippen molar-refractivity contribution in [3.05, 3.63) is 59.4 Å². The molecule has 2 aliphatic rings. The van der Waals surface area contributed by atoms with Gasteiger partial charge in [0, 0.05) is 25.4 Å². The Bertz CT molecular complexity index is 972. The van der Waals surface area contributed by atoms with Crippen molar-refractivity contribution in [2.24, 2.45) is 0 Å². The maximum atomic E-state index is 12.8. The van der Waals surface area contributed by atoms with Crippen LogP contribution in [0.4, 0.5) is 0 Å². The smallest absolute Gasteiger partial charge is 0.295 e. The standard InChI is InChI=1S/C21H20N2O6/c1-27-9-8-23-18(14-4-2-3-7-22-14)17(20(25)21(23)26)19(24)13-5-6-15-16(12-13)29-11-10-28-15/h2-7,12,18,24H,8-11H2,1H3/b19-17-. The second-order valence-electron chi connectivity index (χ2n) is 6.60. The number of rotatable bonds is 5. The van der Waals surface area contributed by atoms with Gasteiger partial charge in [0.05, 0.1) is 17.9 Å². The molecule has 4 rings (SSSR count). The van der Waals surface area contributed by atoms with Gasteiger partial charge in [-0.15, -0.1) is 0 Å². The first kappa shape index (κ1) is 18.9. The topological polar surface area (TPSA) is 98.2 Å². The van der Waals surface area contributed by atoms with Crippen LogP contribution in [0.1, 0.15) is 17.3 Å². The fourth-order valence-corrected chi connectivity index (χ4v) is 3.49. The Morgan fingerprint density at radius 3 is 2.72 bits per heavy atom. The Kier molecular flexibility index (Phi) is 5.18. The van der Waals surface area contributed by atoms with Crippen molar-refractivity contribution < 1.29 is 28.9 Å². The third-order valence-corrected chi connectivity index (χ3v) is 4.86. The number of aliphatic hydroxyl groups is 1. The molecular formula is C21H20N2O6. The zero-order valence-corrected chi connectivity index (χ0v) is 15.8. The Labute approximate surface area is 167 Å². The van der Waals surface area contributed by atoms with Crippen LogP contribution >= 0.6 is 0 Å². The van der Waals surface area contributed by atoms with Gasteiger partial charge in [0.2, 0.25) is 0 Å². The number of methoxy groups -OCH3 is 1. The molecule has 3 heterocycles. The van der Waals surface area contributed by atoms with Gasteiger partial charge in [-0.1, -0.05) is 6.07 Å². The number of amides is 1. The molecule has 1 amide bonds. The van der Waals surface area contributed by atoms with Crippen LogP contribution in [-0.4, -0.2) is 60.2 Å². The summed E-state index contributed by atoms with van der Waals surface area (Å²) in [5, 5.41) is 11.0. The van der Waals surface area contributed by atoms with E-state index in [0.717, 1.165) is 0 Å². The molecule has 1 atom stereocenters. The van der Waals surface area contributed by atoms with Gasteiger partial charge in [-0.25, -0.2) is 0 Å². The highest BCUT2D eigenvalue weighted by atomic mass is 16.6. The van der Waals surface area contributed by atoms with E-state index in [1.807, 2.05) is 0 Å². The number of likely N-dealkylation sites (tertiary alicyclic amines) is 1. The molecule has 2 aliphatic heterocycles. The molecule has 150 valence electrons. The van der Waals surface area contributed by atoms with Gasteiger partial charge in [0.1, 0.15) is 25.0 Å². The Morgan fingerprint density at radius 1 is 1.21 bits per heavy atom. The van der Waals surface area contributed by atoms with Crippen molar-refractivity contribution in [1.29, 1.82) is 0 Å². The van der Waals surface area contributed by atoms with Crippen molar-refractivity contribution in [2.75, 3.05) is 33.5 Å². The number of benzene rings is 1. The molecule has 1 saturated heterocycles. The van der Waals surface area contributed by atoms with Gasteiger partial charge in [0.15, 0.2) is 11.5 Å². The Morgan fingerprint density at radius 2 is 2.00 bits per heavy atom. The van der Waals surface area contributed by atoms with Crippen molar-refractivity contribution in [3.8, 4) is 11.5 Å². The molecule has 2 aromatic rings. The molecule has 8 nitrogen and oxygen atoms in total. The van der Waals surface area contributed by atoms with Gasteiger partial charge in [-0.2, -0.15) is 0 Å². The number of carbonyl (C=O) groups is 2. The number of hydrogen-bond acceptors (Lipinski definition) is 7. The quantitative estimate of drug-likeness (QED) is 0.468. The summed E-state index contributed by atoms with van der Waals surface area (Å²) in [6.45, 7) is 1.29. The maximum absolute atomic E-state index is 12.8. The van der Waals surface area contributed by atoms with E-state index >= 15 is 0 Å². The highest BCUT2D eigenvalue weighted by Crippen LogP contribution is 2.40. The summed E-state index contributed by atoms with van der Waals surface area (Å²) in [5.74, 6) is -0.699. The van der Waals surface area contributed by atoms with Crippen molar-refractivity contribution >= 4 is 17.4 Å². The first-order valence-corrected chi connectivity index (χ1v) is 9.20. The van der Waals surface area contributed by atoms with Crippen LogP contribution in [0.2, 0.25) is 0 Å². The molecule has 1 aromatic carbocycles.